The molecule has 30 heavy (non-hydrogen) atoms. The largest absolute Gasteiger partial charge is 0.386 e. The molecule has 1 atom stereocenters. The van der Waals surface area contributed by atoms with Crippen molar-refractivity contribution in [2.75, 3.05) is 11.1 Å². The maximum absolute atomic E-state index is 14.8. The maximum atomic E-state index is 14.8. The lowest BCUT2D eigenvalue weighted by Gasteiger charge is -2.53. The molecular weight excluding hydrogens is 433 g/mol. The van der Waals surface area contributed by atoms with Crippen molar-refractivity contribution in [2.45, 2.75) is 31.1 Å². The topological polar surface area (TPSA) is 130 Å². The summed E-state index contributed by atoms with van der Waals surface area (Å²) in [5.74, 6) is -0.287. The fourth-order valence-corrected chi connectivity index (χ4v) is 5.24. The second kappa shape index (κ2) is 6.81. The molecule has 0 radical (unpaired) electrons. The summed E-state index contributed by atoms with van der Waals surface area (Å²) in [6.07, 6.45) is 1.47. The molecule has 1 aliphatic heterocycles. The summed E-state index contributed by atoms with van der Waals surface area (Å²) >= 11 is 5.91. The Morgan fingerprint density at radius 1 is 1.27 bits per heavy atom. The number of aromatic nitrogens is 2. The van der Waals surface area contributed by atoms with Crippen LogP contribution in [0.1, 0.15) is 26.3 Å². The minimum atomic E-state index is -3.17. The third-order valence-corrected chi connectivity index (χ3v) is 8.39. The van der Waals surface area contributed by atoms with Gasteiger partial charge in [-0.15, -0.1) is 0 Å². The van der Waals surface area contributed by atoms with Crippen molar-refractivity contribution in [1.29, 1.82) is 0 Å². The lowest BCUT2D eigenvalue weighted by atomic mass is 9.92. The number of amidine groups is 1. The van der Waals surface area contributed by atoms with Crippen LogP contribution in [0.15, 0.2) is 40.0 Å². The van der Waals surface area contributed by atoms with Crippen LogP contribution in [0.2, 0.25) is 5.02 Å². The van der Waals surface area contributed by atoms with Gasteiger partial charge in [-0.3, -0.25) is 14.1 Å². The molecule has 0 saturated heterocycles. The van der Waals surface area contributed by atoms with Crippen molar-refractivity contribution in [2.24, 2.45) is 10.7 Å². The van der Waals surface area contributed by atoms with E-state index in [9.17, 15) is 13.5 Å². The van der Waals surface area contributed by atoms with Crippen molar-refractivity contribution in [1.82, 2.24) is 10.1 Å². The van der Waals surface area contributed by atoms with E-state index in [0.29, 0.717) is 27.6 Å². The molecule has 1 aliphatic rings. The Morgan fingerprint density at radius 3 is 2.70 bits per heavy atom. The first kappa shape index (κ1) is 20.9. The number of benzene rings is 1. The SMILES string of the molecule is CC1(C)C(N)=N[C@](C)(c2cc(Nc3noc4cc(Cl)cnc34)ccc2F)CS1(O)O. The Bertz CT molecular complexity index is 1180. The fourth-order valence-electron chi connectivity index (χ4n) is 3.35. The Kier molecular flexibility index (Phi) is 4.73. The first-order chi connectivity index (χ1) is 13.9. The van der Waals surface area contributed by atoms with E-state index in [2.05, 4.69) is 20.4 Å². The summed E-state index contributed by atoms with van der Waals surface area (Å²) in [6.45, 7) is 4.86. The van der Waals surface area contributed by atoms with Crippen LogP contribution >= 0.6 is 22.2 Å². The molecule has 0 saturated carbocycles. The normalized spacial score (nSPS) is 23.8. The average Bonchev–Trinajstić information content (AvgIpc) is 3.03. The smallest absolute Gasteiger partial charge is 0.200 e. The minimum Gasteiger partial charge on any atom is -0.386 e. The van der Waals surface area contributed by atoms with Gasteiger partial charge in [0, 0.05) is 23.5 Å². The van der Waals surface area contributed by atoms with Gasteiger partial charge in [-0.05, 0) is 39.0 Å². The van der Waals surface area contributed by atoms with E-state index in [1.54, 1.807) is 26.8 Å². The highest BCUT2D eigenvalue weighted by Gasteiger charge is 2.49. The fraction of sp³-hybridized carbons (Fsp3) is 0.316. The highest BCUT2D eigenvalue weighted by molar-refractivity contribution is 8.26. The lowest BCUT2D eigenvalue weighted by molar-refractivity contribution is 0.417. The van der Waals surface area contributed by atoms with Gasteiger partial charge in [0.25, 0.3) is 0 Å². The number of nitrogens with two attached hydrogens (primary N) is 1. The Morgan fingerprint density at radius 2 is 2.00 bits per heavy atom. The molecule has 0 fully saturated rings. The summed E-state index contributed by atoms with van der Waals surface area (Å²) in [5.41, 5.74) is 6.33. The van der Waals surface area contributed by atoms with Gasteiger partial charge in [0.05, 0.1) is 10.8 Å². The van der Waals surface area contributed by atoms with Crippen molar-refractivity contribution in [3.8, 4) is 0 Å². The molecule has 0 bridgehead atoms. The number of aliphatic imine (C=N–C) groups is 1. The number of pyridine rings is 1. The molecule has 0 aliphatic carbocycles. The van der Waals surface area contributed by atoms with Crippen LogP contribution in [0, 0.1) is 5.82 Å². The second-order valence-electron chi connectivity index (χ2n) is 7.94. The van der Waals surface area contributed by atoms with Crippen LogP contribution in [-0.4, -0.2) is 35.6 Å². The van der Waals surface area contributed by atoms with E-state index in [4.69, 9.17) is 21.9 Å². The van der Waals surface area contributed by atoms with Gasteiger partial charge >= 0.3 is 0 Å². The number of hydrogen-bond donors (Lipinski definition) is 4. The summed E-state index contributed by atoms with van der Waals surface area (Å²) in [4.78, 5) is 8.66. The Balaban J connectivity index is 1.74. The number of fused-ring (bicyclic) bond motifs is 1. The van der Waals surface area contributed by atoms with Crippen LogP contribution < -0.4 is 11.1 Å². The van der Waals surface area contributed by atoms with Crippen molar-refractivity contribution < 1.29 is 18.0 Å². The van der Waals surface area contributed by atoms with Gasteiger partial charge in [0.2, 0.25) is 5.82 Å². The predicted molar refractivity (Wildman–Crippen MR) is 117 cm³/mol. The molecule has 4 rings (SSSR count). The van der Waals surface area contributed by atoms with Gasteiger partial charge in [0.1, 0.15) is 21.9 Å². The van der Waals surface area contributed by atoms with E-state index < -0.39 is 26.7 Å². The molecule has 2 aromatic heterocycles. The molecule has 8 nitrogen and oxygen atoms in total. The molecule has 160 valence electrons. The Labute approximate surface area is 178 Å². The number of anilines is 2. The lowest BCUT2D eigenvalue weighted by Crippen LogP contribution is -2.52. The number of rotatable bonds is 3. The van der Waals surface area contributed by atoms with Crippen molar-refractivity contribution in [3.05, 3.63) is 46.9 Å². The molecule has 0 amide bonds. The molecule has 0 spiro atoms. The number of nitrogens with one attached hydrogen (secondary N) is 1. The summed E-state index contributed by atoms with van der Waals surface area (Å²) in [5, 5.41) is 7.40. The summed E-state index contributed by atoms with van der Waals surface area (Å²) in [7, 11) is -3.17. The molecule has 3 aromatic rings. The van der Waals surface area contributed by atoms with Crippen LogP contribution in [-0.2, 0) is 5.54 Å². The zero-order valence-electron chi connectivity index (χ0n) is 16.5. The van der Waals surface area contributed by atoms with Gasteiger partial charge in [-0.2, -0.15) is 10.6 Å². The molecule has 5 N–H and O–H groups in total. The van der Waals surface area contributed by atoms with Crippen molar-refractivity contribution in [3.63, 3.8) is 0 Å². The first-order valence-corrected chi connectivity index (χ1v) is 11.1. The zero-order chi connectivity index (χ0) is 21.9. The molecule has 3 heterocycles. The van der Waals surface area contributed by atoms with Crippen LogP contribution in [0.4, 0.5) is 15.9 Å². The Hall–Kier alpha value is -2.40. The highest BCUT2D eigenvalue weighted by atomic mass is 35.5. The van der Waals surface area contributed by atoms with E-state index in [-0.39, 0.29) is 17.2 Å². The van der Waals surface area contributed by atoms with Gasteiger partial charge in [-0.25, -0.2) is 9.37 Å². The maximum Gasteiger partial charge on any atom is 0.200 e. The number of nitrogens with zero attached hydrogens (tertiary/aromatic N) is 3. The van der Waals surface area contributed by atoms with Gasteiger partial charge < -0.3 is 15.6 Å². The highest BCUT2D eigenvalue weighted by Crippen LogP contribution is 2.59. The molecule has 11 heteroatoms. The summed E-state index contributed by atoms with van der Waals surface area (Å²) < 4.78 is 40.3. The summed E-state index contributed by atoms with van der Waals surface area (Å²) in [6, 6.07) is 5.92. The predicted octanol–water partition coefficient (Wildman–Crippen LogP) is 4.87. The van der Waals surface area contributed by atoms with Crippen LogP contribution in [0.3, 0.4) is 0 Å². The zero-order valence-corrected chi connectivity index (χ0v) is 18.1. The quantitative estimate of drug-likeness (QED) is 0.444. The standard InChI is InChI=1S/C19H21ClFN5O3S/c1-18(2)17(22)25-19(3,9-30(18,27)28)12-7-11(4-5-13(12)21)24-16-15-14(29-26-16)6-10(20)8-23-15/h4-8,27-28H,9H2,1-3H3,(H2,22,25)(H,24,26)/t19-/m0/s1. The van der Waals surface area contributed by atoms with Gasteiger partial charge in [-0.1, -0.05) is 16.8 Å². The first-order valence-electron chi connectivity index (χ1n) is 9.02. The number of hydrogen-bond acceptors (Lipinski definition) is 8. The van der Waals surface area contributed by atoms with E-state index in [1.165, 1.54) is 24.4 Å². The third-order valence-electron chi connectivity index (χ3n) is 5.37. The molecular formula is C19H21ClFN5O3S. The third kappa shape index (κ3) is 3.29. The second-order valence-corrected chi connectivity index (χ2v) is 11.0. The average molecular weight is 454 g/mol. The monoisotopic (exact) mass is 453 g/mol. The number of halogens is 2. The van der Waals surface area contributed by atoms with Crippen LogP contribution in [0.25, 0.3) is 11.1 Å². The molecule has 0 unspecified atom stereocenters. The van der Waals surface area contributed by atoms with E-state index >= 15 is 0 Å². The van der Waals surface area contributed by atoms with E-state index in [0.717, 1.165) is 0 Å². The minimum absolute atomic E-state index is 0.0672. The van der Waals surface area contributed by atoms with Crippen LogP contribution in [0.5, 0.6) is 0 Å². The van der Waals surface area contributed by atoms with E-state index in [1.807, 2.05) is 0 Å². The molecule has 1 aromatic carbocycles. The van der Waals surface area contributed by atoms with Gasteiger partial charge in [0.15, 0.2) is 11.1 Å². The van der Waals surface area contributed by atoms with Crippen molar-refractivity contribution >= 4 is 50.6 Å².